The molecule has 5 aliphatic heterocycles. The summed E-state index contributed by atoms with van der Waals surface area (Å²) >= 11 is 0. The molecular formula is C49H60N4O11. The highest BCUT2D eigenvalue weighted by Crippen LogP contribution is 2.68. The summed E-state index contributed by atoms with van der Waals surface area (Å²) in [6.07, 6.45) is 8.06. The Morgan fingerprint density at radius 2 is 1.72 bits per heavy atom. The van der Waals surface area contributed by atoms with Crippen LogP contribution in [0, 0.1) is 11.3 Å². The van der Waals surface area contributed by atoms with Gasteiger partial charge < -0.3 is 44.2 Å². The van der Waals surface area contributed by atoms with E-state index in [1.54, 1.807) is 13.2 Å². The second-order valence-corrected chi connectivity index (χ2v) is 19.1. The van der Waals surface area contributed by atoms with Gasteiger partial charge in [0, 0.05) is 97.0 Å². The van der Waals surface area contributed by atoms with Gasteiger partial charge in [0.2, 0.25) is 5.60 Å². The van der Waals surface area contributed by atoms with Gasteiger partial charge in [-0.1, -0.05) is 32.1 Å². The first-order valence-electron chi connectivity index (χ1n) is 22.5. The molecule has 342 valence electrons. The molecule has 1 aromatic heterocycles. The van der Waals surface area contributed by atoms with Crippen molar-refractivity contribution in [2.45, 2.75) is 99.5 Å². The summed E-state index contributed by atoms with van der Waals surface area (Å²) in [6.45, 7) is 8.20. The number of benzene rings is 2. The molecular weight excluding hydrogens is 821 g/mol. The highest BCUT2D eigenvalue weighted by Gasteiger charge is 2.80. The van der Waals surface area contributed by atoms with Gasteiger partial charge >= 0.3 is 23.9 Å². The average Bonchev–Trinajstić information content (AvgIpc) is 3.94. The van der Waals surface area contributed by atoms with Gasteiger partial charge in [0.05, 0.1) is 33.0 Å². The molecule has 6 heterocycles. The number of anilines is 1. The van der Waals surface area contributed by atoms with Crippen LogP contribution in [-0.2, 0) is 50.6 Å². The van der Waals surface area contributed by atoms with Gasteiger partial charge in [-0.15, -0.1) is 0 Å². The van der Waals surface area contributed by atoms with Crippen molar-refractivity contribution in [2.75, 3.05) is 66.0 Å². The van der Waals surface area contributed by atoms with Crippen LogP contribution in [0.25, 0.3) is 17.0 Å². The number of rotatable bonds is 9. The van der Waals surface area contributed by atoms with Crippen LogP contribution in [0.15, 0.2) is 48.6 Å². The van der Waals surface area contributed by atoms with Crippen LogP contribution in [0.5, 0.6) is 5.75 Å². The average molecular weight is 881 g/mol. The summed E-state index contributed by atoms with van der Waals surface area (Å²) < 4.78 is 24.0. The van der Waals surface area contributed by atoms with E-state index in [2.05, 4.69) is 20.9 Å². The minimum absolute atomic E-state index is 0.183. The predicted molar refractivity (Wildman–Crippen MR) is 237 cm³/mol. The topological polar surface area (TPSA) is 191 Å². The molecule has 6 aliphatic rings. The SMILES string of the molecule is CC[C@]1(O)C[C@H]2CN(CCc3c([nH]c4ccc(/C=C/C(=O)O)cc34)[C@@](C(=O)OC)(c3cc4c(cc3OC)N(C)C3[C@]45CCN4CC=C[C@@](CC)([C@@H](OC(C)=O)[C@]3(O)C(=O)OC)[C@H]45)C2)C1. The van der Waals surface area contributed by atoms with Crippen LogP contribution in [0.3, 0.4) is 0 Å². The molecule has 15 nitrogen and oxygen atoms in total. The number of ether oxygens (including phenoxy) is 4. The number of methoxy groups -OCH3 is 3. The Balaban J connectivity index is 1.36. The lowest BCUT2D eigenvalue weighted by atomic mass is 9.47. The fourth-order valence-electron chi connectivity index (χ4n) is 13.8. The molecule has 9 rings (SSSR count). The normalized spacial score (nSPS) is 35.1. The number of nitrogens with zero attached hydrogens (tertiary/aromatic N) is 3. The van der Waals surface area contributed by atoms with E-state index >= 15 is 4.79 Å². The fourth-order valence-corrected chi connectivity index (χ4v) is 13.8. The Morgan fingerprint density at radius 3 is 2.39 bits per heavy atom. The number of piperidine rings is 1. The fraction of sp³-hybridized carbons (Fsp3) is 0.551. The van der Waals surface area contributed by atoms with E-state index in [1.807, 2.05) is 62.2 Å². The minimum atomic E-state index is -2.35. The lowest BCUT2D eigenvalue weighted by molar-refractivity contribution is -0.228. The molecule has 1 saturated carbocycles. The molecule has 64 heavy (non-hydrogen) atoms. The maximum atomic E-state index is 15.5. The number of nitrogens with one attached hydrogen (secondary N) is 1. The van der Waals surface area contributed by atoms with Crippen molar-refractivity contribution in [2.24, 2.45) is 11.3 Å². The van der Waals surface area contributed by atoms with E-state index in [0.717, 1.165) is 28.1 Å². The number of carbonyl (C=O) groups is 4. The van der Waals surface area contributed by atoms with E-state index in [1.165, 1.54) is 21.1 Å². The first-order valence-corrected chi connectivity index (χ1v) is 22.5. The molecule has 1 spiro atoms. The Labute approximate surface area is 373 Å². The molecule has 1 aliphatic carbocycles. The third kappa shape index (κ3) is 5.99. The lowest BCUT2D eigenvalue weighted by Crippen LogP contribution is -2.81. The number of hydrogen-bond donors (Lipinski definition) is 4. The predicted octanol–water partition coefficient (Wildman–Crippen LogP) is 4.09. The smallest absolute Gasteiger partial charge is 0.344 e. The van der Waals surface area contributed by atoms with E-state index in [9.17, 15) is 29.7 Å². The van der Waals surface area contributed by atoms with Gasteiger partial charge in [0.15, 0.2) is 6.10 Å². The van der Waals surface area contributed by atoms with Gasteiger partial charge in [0.25, 0.3) is 0 Å². The monoisotopic (exact) mass is 880 g/mol. The number of esters is 3. The molecule has 0 radical (unpaired) electrons. The number of H-pyrrole nitrogens is 1. The summed E-state index contributed by atoms with van der Waals surface area (Å²) in [5.74, 6) is -2.93. The second-order valence-electron chi connectivity index (χ2n) is 19.1. The third-order valence-electron chi connectivity index (χ3n) is 16.1. The van der Waals surface area contributed by atoms with Gasteiger partial charge in [0.1, 0.15) is 11.2 Å². The van der Waals surface area contributed by atoms with E-state index < -0.39 is 63.5 Å². The van der Waals surface area contributed by atoms with Crippen molar-refractivity contribution in [3.05, 3.63) is 76.5 Å². The lowest BCUT2D eigenvalue weighted by Gasteiger charge is -2.63. The number of likely N-dealkylation sites (N-methyl/N-ethyl adjacent to an activating group) is 1. The number of aromatic amines is 1. The van der Waals surface area contributed by atoms with Crippen LogP contribution in [0.4, 0.5) is 5.69 Å². The zero-order valence-corrected chi connectivity index (χ0v) is 37.7. The van der Waals surface area contributed by atoms with Crippen LogP contribution >= 0.6 is 0 Å². The first kappa shape index (κ1) is 44.0. The number of aliphatic carboxylic acids is 1. The molecule has 2 unspecified atom stereocenters. The number of aliphatic hydroxyl groups is 2. The first-order chi connectivity index (χ1) is 30.5. The number of carbonyl (C=O) groups excluding carboxylic acids is 3. The zero-order chi connectivity index (χ0) is 45.7. The van der Waals surface area contributed by atoms with Crippen LogP contribution in [0.2, 0.25) is 0 Å². The maximum Gasteiger partial charge on any atom is 0.344 e. The Bertz CT molecular complexity index is 2500. The van der Waals surface area contributed by atoms with Gasteiger partial charge in [-0.05, 0) is 92.0 Å². The van der Waals surface area contributed by atoms with E-state index in [4.69, 9.17) is 18.9 Å². The van der Waals surface area contributed by atoms with Crippen LogP contribution in [0.1, 0.15) is 80.8 Å². The van der Waals surface area contributed by atoms with Crippen LogP contribution in [-0.4, -0.2) is 144 Å². The van der Waals surface area contributed by atoms with Crippen molar-refractivity contribution in [1.82, 2.24) is 14.8 Å². The van der Waals surface area contributed by atoms with Crippen molar-refractivity contribution in [3.8, 4) is 5.75 Å². The van der Waals surface area contributed by atoms with Crippen molar-refractivity contribution in [1.29, 1.82) is 0 Å². The summed E-state index contributed by atoms with van der Waals surface area (Å²) in [4.78, 5) is 64.8. The molecule has 3 fully saturated rings. The second kappa shape index (κ2) is 15.5. The molecule has 3 aromatic rings. The Hall–Kier alpha value is -5.22. The minimum Gasteiger partial charge on any atom is -0.496 e. The number of carboxylic acid groups (broad SMARTS) is 1. The quantitative estimate of drug-likeness (QED) is 0.104. The van der Waals surface area contributed by atoms with E-state index in [0.29, 0.717) is 93.1 Å². The third-order valence-corrected chi connectivity index (χ3v) is 16.1. The standard InChI is InChI=1S/C49H60N4O11/c1-8-45(59)24-30-25-48(43(57)62-6,39-31(15-19-52(26-30)27-45)32-21-29(12-14-38(55)56)11-13-35(32)50-39)34-22-33-36(23-37(34)61-5)51(4)41-47(33)17-20-53-18-10-16-46(9-2,40(47)53)42(64-28(3)54)49(41,60)44(58)63-7/h10-14,16,21-23,30,40-42,50,59-60H,8-9,15,17-20,24-27H2,1-7H3,(H,55,56)/b14-12+/t30-,40+,41?,42-,45+,46-,47-,48+,49+/m1/s1. The zero-order valence-electron chi connectivity index (χ0n) is 37.7. The molecule has 0 amide bonds. The van der Waals surface area contributed by atoms with Gasteiger partial charge in [-0.25, -0.2) is 9.59 Å². The molecule has 2 saturated heterocycles. The van der Waals surface area contributed by atoms with Crippen molar-refractivity contribution in [3.63, 3.8) is 0 Å². The number of carboxylic acids is 1. The van der Waals surface area contributed by atoms with Crippen molar-refractivity contribution >= 4 is 46.5 Å². The summed E-state index contributed by atoms with van der Waals surface area (Å²) in [7, 11) is 6.01. The number of aromatic nitrogens is 1. The van der Waals surface area contributed by atoms with E-state index in [-0.39, 0.29) is 18.4 Å². The van der Waals surface area contributed by atoms with Crippen LogP contribution < -0.4 is 9.64 Å². The molecule has 4 N–H and O–H groups in total. The van der Waals surface area contributed by atoms with Gasteiger partial charge in [-0.3, -0.25) is 19.4 Å². The van der Waals surface area contributed by atoms with Crippen molar-refractivity contribution < 1.29 is 53.4 Å². The molecule has 10 atom stereocenters. The van der Waals surface area contributed by atoms with Gasteiger partial charge in [-0.2, -0.15) is 0 Å². The Morgan fingerprint density at radius 1 is 0.953 bits per heavy atom. The molecule has 2 bridgehead atoms. The molecule has 15 heteroatoms. The number of fused-ring (bicyclic) bond motifs is 6. The summed E-state index contributed by atoms with van der Waals surface area (Å²) in [6, 6.07) is 8.29. The Kier molecular flexibility index (Phi) is 10.6. The highest BCUT2D eigenvalue weighted by atomic mass is 16.6. The summed E-state index contributed by atoms with van der Waals surface area (Å²) in [5.41, 5.74) is -1.93. The number of hydrogen-bond acceptors (Lipinski definition) is 13. The highest BCUT2D eigenvalue weighted by molar-refractivity contribution is 5.96. The molecule has 2 aromatic carbocycles. The maximum absolute atomic E-state index is 15.5. The largest absolute Gasteiger partial charge is 0.496 e. The summed E-state index contributed by atoms with van der Waals surface area (Å²) in [5, 5.41) is 35.8.